The van der Waals surface area contributed by atoms with Crippen molar-refractivity contribution < 1.29 is 8.42 Å². The van der Waals surface area contributed by atoms with Crippen LogP contribution in [0.2, 0.25) is 0 Å². The van der Waals surface area contributed by atoms with Gasteiger partial charge in [0.25, 0.3) is 0 Å². The van der Waals surface area contributed by atoms with E-state index in [0.29, 0.717) is 12.4 Å². The Kier molecular flexibility index (Phi) is 4.90. The zero-order valence-corrected chi connectivity index (χ0v) is 14.2. The monoisotopic (exact) mass is 335 g/mol. The third-order valence-electron chi connectivity index (χ3n) is 4.84. The number of fused-ring (bicyclic) bond motifs is 1. The second kappa shape index (κ2) is 6.91. The lowest BCUT2D eigenvalue weighted by molar-refractivity contribution is 0.541. The molecule has 1 saturated heterocycles. The predicted octanol–water partition coefficient (Wildman–Crippen LogP) is 2.26. The van der Waals surface area contributed by atoms with Gasteiger partial charge in [-0.2, -0.15) is 0 Å². The van der Waals surface area contributed by atoms with Gasteiger partial charge in [0.1, 0.15) is 0 Å². The first kappa shape index (κ1) is 16.3. The molecule has 1 aliphatic carbocycles. The lowest BCUT2D eigenvalue weighted by Crippen LogP contribution is -2.33. The first-order valence-corrected chi connectivity index (χ1v) is 10.2. The first-order valence-electron chi connectivity index (χ1n) is 8.45. The van der Waals surface area contributed by atoms with E-state index in [4.69, 9.17) is 5.73 Å². The summed E-state index contributed by atoms with van der Waals surface area (Å²) < 4.78 is 24.0. The van der Waals surface area contributed by atoms with Crippen LogP contribution in [0.5, 0.6) is 0 Å². The Hall–Kier alpha value is -1.56. The largest absolute Gasteiger partial charge is 0.370 e. The summed E-state index contributed by atoms with van der Waals surface area (Å²) in [6, 6.07) is 6.22. The van der Waals surface area contributed by atoms with Gasteiger partial charge in [0.05, 0.1) is 17.5 Å². The Morgan fingerprint density at radius 1 is 1.22 bits per heavy atom. The fourth-order valence-electron chi connectivity index (χ4n) is 3.50. The van der Waals surface area contributed by atoms with Gasteiger partial charge in [0.2, 0.25) is 0 Å². The Labute approximate surface area is 138 Å². The van der Waals surface area contributed by atoms with Crippen LogP contribution in [0.3, 0.4) is 0 Å². The zero-order chi connectivity index (χ0) is 16.3. The average molecular weight is 335 g/mol. The number of nitrogens with zero attached hydrogens (tertiary/aromatic N) is 1. The Bertz CT molecular complexity index is 698. The van der Waals surface area contributed by atoms with Crippen molar-refractivity contribution in [1.29, 1.82) is 0 Å². The molecule has 126 valence electrons. The molecule has 3 rings (SSSR count). The van der Waals surface area contributed by atoms with E-state index in [-0.39, 0.29) is 17.5 Å². The molecule has 1 aliphatic heterocycles. The number of nitrogens with one attached hydrogen (secondary N) is 1. The number of rotatable bonds is 3. The topological polar surface area (TPSA) is 84.5 Å². The van der Waals surface area contributed by atoms with Gasteiger partial charge in [0.15, 0.2) is 15.8 Å². The van der Waals surface area contributed by atoms with Crippen LogP contribution in [0.15, 0.2) is 23.2 Å². The van der Waals surface area contributed by atoms with Crippen molar-refractivity contribution in [1.82, 2.24) is 0 Å². The normalized spacial score (nSPS) is 24.0. The van der Waals surface area contributed by atoms with E-state index in [2.05, 4.69) is 16.4 Å². The van der Waals surface area contributed by atoms with E-state index < -0.39 is 9.84 Å². The quantitative estimate of drug-likeness (QED) is 0.655. The number of guanidine groups is 1. The lowest BCUT2D eigenvalue weighted by Gasteiger charge is -2.21. The second-order valence-corrected chi connectivity index (χ2v) is 8.89. The van der Waals surface area contributed by atoms with Crippen molar-refractivity contribution in [2.24, 2.45) is 10.7 Å². The van der Waals surface area contributed by atoms with Crippen LogP contribution < -0.4 is 11.1 Å². The van der Waals surface area contributed by atoms with Crippen molar-refractivity contribution in [3.05, 3.63) is 29.3 Å². The molecule has 0 bridgehead atoms. The van der Waals surface area contributed by atoms with E-state index in [1.54, 1.807) is 0 Å². The van der Waals surface area contributed by atoms with Gasteiger partial charge < -0.3 is 11.1 Å². The standard InChI is InChI=1S/C17H25N3O2S/c18-17(19-12-14-8-3-4-11-23(14,21)22)20-16-10-5-7-13-6-1-2-9-15(13)16/h5,7,10,14H,1-4,6,8-9,11-12H2,(H3,18,19,20). The summed E-state index contributed by atoms with van der Waals surface area (Å²) in [5, 5.41) is 2.80. The molecule has 0 aromatic heterocycles. The summed E-state index contributed by atoms with van der Waals surface area (Å²) in [6.45, 7) is 0.260. The summed E-state index contributed by atoms with van der Waals surface area (Å²) in [4.78, 5) is 4.29. The fraction of sp³-hybridized carbons (Fsp3) is 0.588. The number of aryl methyl sites for hydroxylation is 1. The third-order valence-corrected chi connectivity index (χ3v) is 7.09. The molecule has 0 saturated carbocycles. The second-order valence-electron chi connectivity index (χ2n) is 6.49. The number of anilines is 1. The maximum absolute atomic E-state index is 12.0. The molecule has 6 heteroatoms. The van der Waals surface area contributed by atoms with Crippen LogP contribution in [0.25, 0.3) is 0 Å². The molecular formula is C17H25N3O2S. The molecule has 1 heterocycles. The first-order chi connectivity index (χ1) is 11.1. The Balaban J connectivity index is 1.68. The molecule has 0 spiro atoms. The van der Waals surface area contributed by atoms with Crippen LogP contribution in [-0.2, 0) is 22.7 Å². The highest BCUT2D eigenvalue weighted by atomic mass is 32.2. The Morgan fingerprint density at radius 2 is 2.04 bits per heavy atom. The van der Waals surface area contributed by atoms with E-state index in [9.17, 15) is 8.42 Å². The van der Waals surface area contributed by atoms with Crippen molar-refractivity contribution in [2.75, 3.05) is 17.6 Å². The van der Waals surface area contributed by atoms with E-state index in [1.165, 1.54) is 24.0 Å². The van der Waals surface area contributed by atoms with Crippen LogP contribution in [-0.4, -0.2) is 31.9 Å². The van der Waals surface area contributed by atoms with E-state index >= 15 is 0 Å². The number of hydrogen-bond donors (Lipinski definition) is 2. The van der Waals surface area contributed by atoms with Gasteiger partial charge in [0, 0.05) is 5.69 Å². The van der Waals surface area contributed by atoms with E-state index in [0.717, 1.165) is 31.4 Å². The molecule has 1 fully saturated rings. The molecule has 2 aliphatic rings. The molecule has 1 unspecified atom stereocenters. The summed E-state index contributed by atoms with van der Waals surface area (Å²) in [7, 11) is -3.00. The minimum Gasteiger partial charge on any atom is -0.370 e. The predicted molar refractivity (Wildman–Crippen MR) is 94.6 cm³/mol. The highest BCUT2D eigenvalue weighted by Crippen LogP contribution is 2.27. The SMILES string of the molecule is NC(=NCC1CCCCS1(=O)=O)Nc1cccc2c1CCCC2. The van der Waals surface area contributed by atoms with Crippen LogP contribution >= 0.6 is 0 Å². The van der Waals surface area contributed by atoms with E-state index in [1.807, 2.05) is 12.1 Å². The number of hydrogen-bond acceptors (Lipinski definition) is 3. The minimum atomic E-state index is -3.00. The molecule has 1 atom stereocenters. The zero-order valence-electron chi connectivity index (χ0n) is 13.4. The highest BCUT2D eigenvalue weighted by Gasteiger charge is 2.28. The van der Waals surface area contributed by atoms with Gasteiger partial charge in [-0.1, -0.05) is 18.6 Å². The summed E-state index contributed by atoms with van der Waals surface area (Å²) >= 11 is 0. The van der Waals surface area contributed by atoms with Crippen LogP contribution in [0.4, 0.5) is 5.69 Å². The number of benzene rings is 1. The molecular weight excluding hydrogens is 310 g/mol. The molecule has 1 aromatic rings. The molecule has 1 aromatic carbocycles. The molecule has 0 radical (unpaired) electrons. The molecule has 23 heavy (non-hydrogen) atoms. The smallest absolute Gasteiger partial charge is 0.193 e. The summed E-state index contributed by atoms with van der Waals surface area (Å²) in [5.74, 6) is 0.594. The van der Waals surface area contributed by atoms with Crippen molar-refractivity contribution in [3.8, 4) is 0 Å². The summed E-state index contributed by atoms with van der Waals surface area (Å²) in [6.07, 6.45) is 7.03. The van der Waals surface area contributed by atoms with Crippen LogP contribution in [0.1, 0.15) is 43.2 Å². The number of nitrogens with two attached hydrogens (primary N) is 1. The Morgan fingerprint density at radius 3 is 2.87 bits per heavy atom. The molecule has 3 N–H and O–H groups in total. The van der Waals surface area contributed by atoms with Crippen LogP contribution in [0, 0.1) is 0 Å². The average Bonchev–Trinajstić information content (AvgIpc) is 2.54. The van der Waals surface area contributed by atoms with Crippen molar-refractivity contribution >= 4 is 21.5 Å². The van der Waals surface area contributed by atoms with Gasteiger partial charge in [-0.3, -0.25) is 4.99 Å². The molecule has 0 amide bonds. The number of sulfone groups is 1. The maximum atomic E-state index is 12.0. The van der Waals surface area contributed by atoms with Gasteiger partial charge in [-0.25, -0.2) is 8.42 Å². The summed E-state index contributed by atoms with van der Waals surface area (Å²) in [5.41, 5.74) is 9.70. The van der Waals surface area contributed by atoms with Gasteiger partial charge in [-0.05, 0) is 55.7 Å². The van der Waals surface area contributed by atoms with Crippen molar-refractivity contribution in [2.45, 2.75) is 50.2 Å². The number of aliphatic imine (C=N–C) groups is 1. The van der Waals surface area contributed by atoms with Crippen molar-refractivity contribution in [3.63, 3.8) is 0 Å². The highest BCUT2D eigenvalue weighted by molar-refractivity contribution is 7.92. The van der Waals surface area contributed by atoms with Gasteiger partial charge in [-0.15, -0.1) is 0 Å². The fourth-order valence-corrected chi connectivity index (χ4v) is 5.27. The van der Waals surface area contributed by atoms with Gasteiger partial charge >= 0.3 is 0 Å². The minimum absolute atomic E-state index is 0.260. The lowest BCUT2D eigenvalue weighted by atomic mass is 9.90. The maximum Gasteiger partial charge on any atom is 0.193 e. The molecule has 5 nitrogen and oxygen atoms in total. The third kappa shape index (κ3) is 3.86.